The van der Waals surface area contributed by atoms with Crippen LogP contribution in [0, 0.1) is 0 Å². The molecule has 3 heterocycles. The fourth-order valence-electron chi connectivity index (χ4n) is 4.48. The minimum Gasteiger partial charge on any atom is -0.495 e. The molecule has 9 nitrogen and oxygen atoms in total. The number of methoxy groups -OCH3 is 2. The lowest BCUT2D eigenvalue weighted by atomic mass is 10.1. The van der Waals surface area contributed by atoms with E-state index in [1.165, 1.54) is 6.33 Å². The number of halogens is 1. The topological polar surface area (TPSA) is 98.9 Å². The van der Waals surface area contributed by atoms with E-state index in [9.17, 15) is 9.18 Å². The second-order valence-corrected chi connectivity index (χ2v) is 8.70. The van der Waals surface area contributed by atoms with E-state index in [2.05, 4.69) is 15.3 Å². The van der Waals surface area contributed by atoms with Crippen LogP contribution in [-0.4, -0.2) is 54.2 Å². The van der Waals surface area contributed by atoms with Gasteiger partial charge in [-0.2, -0.15) is 0 Å². The average Bonchev–Trinajstić information content (AvgIpc) is 3.49. The van der Waals surface area contributed by atoms with Gasteiger partial charge in [0, 0.05) is 49.0 Å². The molecule has 1 saturated heterocycles. The summed E-state index contributed by atoms with van der Waals surface area (Å²) < 4.78 is 35.4. The molecule has 1 N–H and O–H groups in total. The lowest BCUT2D eigenvalue weighted by molar-refractivity contribution is -0.127. The number of piperidine rings is 1. The number of fused-ring (bicyclic) bond motifs is 1. The highest BCUT2D eigenvalue weighted by Crippen LogP contribution is 2.38. The Hall–Kier alpha value is -4.60. The van der Waals surface area contributed by atoms with Gasteiger partial charge in [0.25, 0.3) is 0 Å². The smallest absolute Gasteiger partial charge is 0.248 e. The van der Waals surface area contributed by atoms with Crippen molar-refractivity contribution in [2.45, 2.75) is 18.9 Å². The third-order valence-electron chi connectivity index (χ3n) is 6.43. The van der Waals surface area contributed by atoms with Crippen LogP contribution in [0.1, 0.15) is 12.8 Å². The van der Waals surface area contributed by atoms with Gasteiger partial charge in [-0.3, -0.25) is 4.79 Å². The van der Waals surface area contributed by atoms with Gasteiger partial charge in [0.1, 0.15) is 29.8 Å². The van der Waals surface area contributed by atoms with Gasteiger partial charge in [0.15, 0.2) is 11.5 Å². The van der Waals surface area contributed by atoms with Crippen molar-refractivity contribution in [1.82, 2.24) is 14.9 Å². The summed E-state index contributed by atoms with van der Waals surface area (Å²) >= 11 is 0. The molecule has 4 aromatic rings. The summed E-state index contributed by atoms with van der Waals surface area (Å²) in [6, 6.07) is 13.1. The summed E-state index contributed by atoms with van der Waals surface area (Å²) in [5.74, 6) is 2.68. The number of benzene rings is 2. The van der Waals surface area contributed by atoms with Crippen LogP contribution in [0.4, 0.5) is 15.9 Å². The van der Waals surface area contributed by atoms with Crippen LogP contribution in [0.25, 0.3) is 22.2 Å². The Balaban J connectivity index is 1.43. The van der Waals surface area contributed by atoms with E-state index >= 15 is 0 Å². The molecule has 0 bridgehead atoms. The van der Waals surface area contributed by atoms with Crippen molar-refractivity contribution < 1.29 is 27.8 Å². The molecule has 0 radical (unpaired) electrons. The first kappa shape index (κ1) is 25.1. The van der Waals surface area contributed by atoms with Crippen molar-refractivity contribution in [2.24, 2.45) is 0 Å². The number of furan rings is 1. The number of rotatable bonds is 8. The molecule has 10 heteroatoms. The van der Waals surface area contributed by atoms with Gasteiger partial charge < -0.3 is 28.8 Å². The number of hydrogen-bond acceptors (Lipinski definition) is 8. The molecule has 0 saturated carbocycles. The molecule has 0 spiro atoms. The number of nitrogens with one attached hydrogen (secondary N) is 1. The molecule has 2 aromatic heterocycles. The first-order chi connectivity index (χ1) is 18.6. The molecule has 1 aliphatic rings. The van der Waals surface area contributed by atoms with Crippen LogP contribution in [0.5, 0.6) is 17.2 Å². The summed E-state index contributed by atoms with van der Waals surface area (Å²) in [6.07, 6.45) is 5.39. The molecule has 5 rings (SSSR count). The number of hydrogen-bond donors (Lipinski definition) is 1. The Labute approximate surface area is 218 Å². The SMILES string of the molecule is COc1ccc(-c2ccco2)cc1Nc1ncnc2cc(OC)c(OC3CCN(C(=O)/C=C/F)CC3)cc12. The number of amides is 1. The lowest BCUT2D eigenvalue weighted by Crippen LogP contribution is -2.41. The van der Waals surface area contributed by atoms with Gasteiger partial charge in [-0.05, 0) is 36.4 Å². The molecule has 1 amide bonds. The van der Waals surface area contributed by atoms with E-state index in [1.54, 1.807) is 31.4 Å². The molecule has 1 fully saturated rings. The summed E-state index contributed by atoms with van der Waals surface area (Å²) in [7, 11) is 3.18. The highest BCUT2D eigenvalue weighted by molar-refractivity contribution is 5.93. The molecular weight excluding hydrogens is 491 g/mol. The first-order valence-corrected chi connectivity index (χ1v) is 12.1. The van der Waals surface area contributed by atoms with Crippen molar-refractivity contribution in [2.75, 3.05) is 32.6 Å². The summed E-state index contributed by atoms with van der Waals surface area (Å²) in [5.41, 5.74) is 2.26. The lowest BCUT2D eigenvalue weighted by Gasteiger charge is -2.31. The third kappa shape index (κ3) is 5.24. The van der Waals surface area contributed by atoms with Crippen LogP contribution in [0.15, 0.2) is 71.9 Å². The van der Waals surface area contributed by atoms with Crippen molar-refractivity contribution >= 4 is 28.3 Å². The fourth-order valence-corrected chi connectivity index (χ4v) is 4.48. The molecule has 0 atom stereocenters. The number of carbonyl (C=O) groups excluding carboxylic acids is 1. The standard InChI is InChI=1S/C28H27FN4O5/c1-35-24-6-5-18(23-4-3-13-37-23)14-22(24)32-28-20-15-26(25(36-2)16-21(20)30-17-31-28)38-19-8-11-33(12-9-19)27(34)7-10-29/h3-7,10,13-17,19H,8-9,11-12H2,1-2H3,(H,30,31,32)/b10-7+. The van der Waals surface area contributed by atoms with E-state index in [-0.39, 0.29) is 18.3 Å². The second kappa shape index (κ2) is 11.2. The van der Waals surface area contributed by atoms with Crippen molar-refractivity contribution in [3.63, 3.8) is 0 Å². The number of carbonyl (C=O) groups is 1. The summed E-state index contributed by atoms with van der Waals surface area (Å²) in [6.45, 7) is 0.955. The Morgan fingerprint density at radius 2 is 1.89 bits per heavy atom. The highest BCUT2D eigenvalue weighted by Gasteiger charge is 2.24. The Morgan fingerprint density at radius 1 is 1.08 bits per heavy atom. The van der Waals surface area contributed by atoms with Gasteiger partial charge in [0.05, 0.1) is 38.0 Å². The predicted molar refractivity (Wildman–Crippen MR) is 141 cm³/mol. The number of aromatic nitrogens is 2. The number of likely N-dealkylation sites (tertiary alicyclic amines) is 1. The van der Waals surface area contributed by atoms with Crippen LogP contribution in [-0.2, 0) is 4.79 Å². The first-order valence-electron chi connectivity index (χ1n) is 12.1. The zero-order valence-corrected chi connectivity index (χ0v) is 21.0. The normalized spacial score (nSPS) is 14.1. The largest absolute Gasteiger partial charge is 0.495 e. The van der Waals surface area contributed by atoms with E-state index in [0.717, 1.165) is 22.8 Å². The monoisotopic (exact) mass is 518 g/mol. The highest BCUT2D eigenvalue weighted by atomic mass is 19.1. The van der Waals surface area contributed by atoms with Crippen molar-refractivity contribution in [3.05, 3.63) is 67.5 Å². The predicted octanol–water partition coefficient (Wildman–Crippen LogP) is 5.50. The average molecular weight is 519 g/mol. The number of ether oxygens (including phenoxy) is 3. The summed E-state index contributed by atoms with van der Waals surface area (Å²) in [5, 5.41) is 4.10. The molecule has 2 aromatic carbocycles. The third-order valence-corrected chi connectivity index (χ3v) is 6.43. The van der Waals surface area contributed by atoms with Gasteiger partial charge in [-0.15, -0.1) is 0 Å². The molecule has 1 aliphatic heterocycles. The minimum atomic E-state index is -0.339. The van der Waals surface area contributed by atoms with Crippen molar-refractivity contribution in [3.8, 4) is 28.6 Å². The zero-order valence-electron chi connectivity index (χ0n) is 21.0. The molecule has 196 valence electrons. The molecule has 38 heavy (non-hydrogen) atoms. The maximum absolute atomic E-state index is 12.4. The van der Waals surface area contributed by atoms with Gasteiger partial charge >= 0.3 is 0 Å². The Morgan fingerprint density at radius 3 is 2.61 bits per heavy atom. The molecular formula is C28H27FN4O5. The van der Waals surface area contributed by atoms with E-state index in [4.69, 9.17) is 18.6 Å². The van der Waals surface area contributed by atoms with Crippen LogP contribution < -0.4 is 19.5 Å². The second-order valence-electron chi connectivity index (χ2n) is 8.70. The Kier molecular flexibility index (Phi) is 7.39. The number of nitrogens with zero attached hydrogens (tertiary/aromatic N) is 3. The zero-order chi connectivity index (χ0) is 26.5. The quantitative estimate of drug-likeness (QED) is 0.305. The van der Waals surface area contributed by atoms with Gasteiger partial charge in [-0.1, -0.05) is 0 Å². The molecule has 0 aliphatic carbocycles. The van der Waals surface area contributed by atoms with Crippen molar-refractivity contribution in [1.29, 1.82) is 0 Å². The van der Waals surface area contributed by atoms with Crippen LogP contribution >= 0.6 is 0 Å². The Bertz CT molecular complexity index is 1450. The summed E-state index contributed by atoms with van der Waals surface area (Å²) in [4.78, 5) is 22.4. The van der Waals surface area contributed by atoms with Gasteiger partial charge in [0.2, 0.25) is 5.91 Å². The number of anilines is 2. The van der Waals surface area contributed by atoms with Crippen LogP contribution in [0.2, 0.25) is 0 Å². The van der Waals surface area contributed by atoms with E-state index in [1.807, 2.05) is 36.4 Å². The minimum absolute atomic E-state index is 0.133. The van der Waals surface area contributed by atoms with Crippen LogP contribution in [0.3, 0.4) is 0 Å². The maximum Gasteiger partial charge on any atom is 0.248 e. The van der Waals surface area contributed by atoms with Gasteiger partial charge in [-0.25, -0.2) is 14.4 Å². The van der Waals surface area contributed by atoms with E-state index in [0.29, 0.717) is 60.2 Å². The fraction of sp³-hybridized carbons (Fsp3) is 0.250. The molecule has 0 unspecified atom stereocenters. The van der Waals surface area contributed by atoms with E-state index < -0.39 is 0 Å². The maximum atomic E-state index is 12.4.